The first kappa shape index (κ1) is 22.4. The number of nitrogens with zero attached hydrogens (tertiary/aromatic N) is 2. The summed E-state index contributed by atoms with van der Waals surface area (Å²) >= 11 is 0. The predicted octanol–water partition coefficient (Wildman–Crippen LogP) is 1.84. The minimum Gasteiger partial charge on any atom is -0.385 e. The highest BCUT2D eigenvalue weighted by Crippen LogP contribution is 2.20. The van der Waals surface area contributed by atoms with Crippen LogP contribution in [0.25, 0.3) is 0 Å². The predicted molar refractivity (Wildman–Crippen MR) is 105 cm³/mol. The Morgan fingerprint density at radius 2 is 1.96 bits per heavy atom. The third kappa shape index (κ3) is 9.34. The van der Waals surface area contributed by atoms with Crippen LogP contribution >= 0.6 is 24.0 Å². The van der Waals surface area contributed by atoms with Crippen molar-refractivity contribution in [2.24, 2.45) is 10.9 Å². The molecule has 0 unspecified atom stereocenters. The van der Waals surface area contributed by atoms with E-state index in [4.69, 9.17) is 4.74 Å². The summed E-state index contributed by atoms with van der Waals surface area (Å²) in [5, 5.41) is 6.15. The van der Waals surface area contributed by atoms with E-state index in [1.807, 2.05) is 7.05 Å². The van der Waals surface area contributed by atoms with Gasteiger partial charge in [-0.15, -0.1) is 24.0 Å². The van der Waals surface area contributed by atoms with Crippen LogP contribution in [0.5, 0.6) is 0 Å². The van der Waals surface area contributed by atoms with Crippen LogP contribution in [0.3, 0.4) is 0 Å². The average Bonchev–Trinajstić information content (AvgIpc) is 2.55. The second-order valence-corrected chi connectivity index (χ2v) is 5.84. The zero-order chi connectivity index (χ0) is 16.2. The third-order valence-corrected chi connectivity index (χ3v) is 4.19. The van der Waals surface area contributed by atoms with Crippen molar-refractivity contribution < 1.29 is 9.53 Å². The molecule has 1 fully saturated rings. The van der Waals surface area contributed by atoms with Crippen LogP contribution in [0.2, 0.25) is 0 Å². The van der Waals surface area contributed by atoms with E-state index in [1.54, 1.807) is 14.2 Å². The topological polar surface area (TPSA) is 66.0 Å². The monoisotopic (exact) mass is 440 g/mol. The average molecular weight is 440 g/mol. The highest BCUT2D eigenvalue weighted by molar-refractivity contribution is 14.0. The van der Waals surface area contributed by atoms with Crippen molar-refractivity contribution in [1.29, 1.82) is 0 Å². The number of aliphatic imine (C=N–C) groups is 1. The Morgan fingerprint density at radius 3 is 2.52 bits per heavy atom. The van der Waals surface area contributed by atoms with Gasteiger partial charge >= 0.3 is 0 Å². The first-order valence-corrected chi connectivity index (χ1v) is 8.36. The molecule has 1 aliphatic rings. The van der Waals surface area contributed by atoms with E-state index in [0.717, 1.165) is 57.9 Å². The fourth-order valence-corrected chi connectivity index (χ4v) is 2.79. The molecular weight excluding hydrogens is 407 g/mol. The van der Waals surface area contributed by atoms with Gasteiger partial charge in [-0.3, -0.25) is 9.79 Å². The Kier molecular flexibility index (Phi) is 13.5. The lowest BCUT2D eigenvalue weighted by molar-refractivity contribution is -0.121. The summed E-state index contributed by atoms with van der Waals surface area (Å²) in [7, 11) is 5.29. The van der Waals surface area contributed by atoms with Crippen LogP contribution in [-0.4, -0.2) is 64.2 Å². The maximum absolute atomic E-state index is 11.4. The molecular formula is C16H33IN4O2. The molecule has 0 aromatic carbocycles. The van der Waals surface area contributed by atoms with E-state index in [1.165, 1.54) is 6.42 Å². The molecule has 0 bridgehead atoms. The summed E-state index contributed by atoms with van der Waals surface area (Å²) in [4.78, 5) is 18.1. The molecule has 0 radical (unpaired) electrons. The smallest absolute Gasteiger partial charge is 0.220 e. The van der Waals surface area contributed by atoms with Crippen LogP contribution in [0.4, 0.5) is 0 Å². The van der Waals surface area contributed by atoms with Gasteiger partial charge in [-0.25, -0.2) is 0 Å². The number of hydrogen-bond acceptors (Lipinski definition) is 3. The highest BCUT2D eigenvalue weighted by Gasteiger charge is 2.22. The van der Waals surface area contributed by atoms with Crippen LogP contribution in [0, 0.1) is 5.92 Å². The molecule has 6 nitrogen and oxygen atoms in total. The minimum absolute atomic E-state index is 0. The molecule has 7 heteroatoms. The van der Waals surface area contributed by atoms with Gasteiger partial charge in [-0.05, 0) is 38.0 Å². The fraction of sp³-hybridized carbons (Fsp3) is 0.875. The standard InChI is InChI=1S/C16H32N4O2.HI/c1-17-15(21)13-14-7-10-20(11-8-14)16(18-2)19-9-5-4-6-12-22-3;/h14H,4-13H2,1-3H3,(H,17,21)(H,18,19);1H. The second kappa shape index (κ2) is 13.8. The van der Waals surface area contributed by atoms with E-state index in [-0.39, 0.29) is 29.9 Å². The van der Waals surface area contributed by atoms with Gasteiger partial charge in [-0.1, -0.05) is 0 Å². The van der Waals surface area contributed by atoms with E-state index in [9.17, 15) is 4.79 Å². The van der Waals surface area contributed by atoms with E-state index in [2.05, 4.69) is 20.5 Å². The summed E-state index contributed by atoms with van der Waals surface area (Å²) < 4.78 is 5.05. The van der Waals surface area contributed by atoms with Gasteiger partial charge in [0.05, 0.1) is 0 Å². The van der Waals surface area contributed by atoms with E-state index >= 15 is 0 Å². The summed E-state index contributed by atoms with van der Waals surface area (Å²) in [6, 6.07) is 0. The number of ether oxygens (including phenoxy) is 1. The summed E-state index contributed by atoms with van der Waals surface area (Å²) in [6.45, 7) is 3.75. The van der Waals surface area contributed by atoms with Crippen molar-refractivity contribution in [3.05, 3.63) is 0 Å². The fourth-order valence-electron chi connectivity index (χ4n) is 2.79. The van der Waals surface area contributed by atoms with Gasteiger partial charge in [0, 0.05) is 53.9 Å². The van der Waals surface area contributed by atoms with Gasteiger partial charge in [0.1, 0.15) is 0 Å². The lowest BCUT2D eigenvalue weighted by Crippen LogP contribution is -2.46. The minimum atomic E-state index is 0. The molecule has 0 aliphatic carbocycles. The zero-order valence-corrected chi connectivity index (χ0v) is 17.1. The number of piperidine rings is 1. The number of nitrogens with one attached hydrogen (secondary N) is 2. The lowest BCUT2D eigenvalue weighted by atomic mass is 9.93. The molecule has 0 spiro atoms. The molecule has 0 saturated carbocycles. The van der Waals surface area contributed by atoms with Crippen molar-refractivity contribution in [3.63, 3.8) is 0 Å². The normalized spacial score (nSPS) is 16.0. The quantitative estimate of drug-likeness (QED) is 0.262. The summed E-state index contributed by atoms with van der Waals surface area (Å²) in [5.74, 6) is 1.64. The molecule has 23 heavy (non-hydrogen) atoms. The van der Waals surface area contributed by atoms with Crippen LogP contribution < -0.4 is 10.6 Å². The molecule has 1 saturated heterocycles. The number of guanidine groups is 1. The molecule has 2 N–H and O–H groups in total. The number of carbonyl (C=O) groups is 1. The maximum atomic E-state index is 11.4. The van der Waals surface area contributed by atoms with Crippen molar-refractivity contribution in [2.75, 3.05) is 47.4 Å². The Morgan fingerprint density at radius 1 is 1.26 bits per heavy atom. The lowest BCUT2D eigenvalue weighted by Gasteiger charge is -2.34. The molecule has 136 valence electrons. The molecule has 0 aromatic heterocycles. The van der Waals surface area contributed by atoms with Crippen molar-refractivity contribution in [1.82, 2.24) is 15.5 Å². The molecule has 1 aliphatic heterocycles. The van der Waals surface area contributed by atoms with Gasteiger partial charge < -0.3 is 20.3 Å². The molecule has 0 aromatic rings. The Bertz CT molecular complexity index is 345. The van der Waals surface area contributed by atoms with Crippen LogP contribution in [-0.2, 0) is 9.53 Å². The Hall–Kier alpha value is -0.570. The van der Waals surface area contributed by atoms with Gasteiger partial charge in [0.25, 0.3) is 0 Å². The Labute approximate surface area is 157 Å². The SMILES string of the molecule is CN=C(NCCCCCOC)N1CCC(CC(=O)NC)CC1.I. The molecule has 1 amide bonds. The molecule has 1 rings (SSSR count). The second-order valence-electron chi connectivity index (χ2n) is 5.84. The van der Waals surface area contributed by atoms with Crippen molar-refractivity contribution in [3.8, 4) is 0 Å². The van der Waals surface area contributed by atoms with Gasteiger partial charge in [0.15, 0.2) is 5.96 Å². The highest BCUT2D eigenvalue weighted by atomic mass is 127. The molecule has 1 heterocycles. The van der Waals surface area contributed by atoms with Crippen molar-refractivity contribution in [2.45, 2.75) is 38.5 Å². The van der Waals surface area contributed by atoms with Gasteiger partial charge in [-0.2, -0.15) is 0 Å². The number of carbonyl (C=O) groups excluding carboxylic acids is 1. The van der Waals surface area contributed by atoms with Gasteiger partial charge in [0.2, 0.25) is 5.91 Å². The number of rotatable bonds is 8. The van der Waals surface area contributed by atoms with Crippen LogP contribution in [0.15, 0.2) is 4.99 Å². The maximum Gasteiger partial charge on any atom is 0.220 e. The number of methoxy groups -OCH3 is 1. The molecule has 0 atom stereocenters. The summed E-state index contributed by atoms with van der Waals surface area (Å²) in [6.07, 6.45) is 6.18. The number of likely N-dealkylation sites (tertiary alicyclic amines) is 1. The first-order chi connectivity index (χ1) is 10.7. The van der Waals surface area contributed by atoms with E-state index in [0.29, 0.717) is 12.3 Å². The van der Waals surface area contributed by atoms with Crippen molar-refractivity contribution >= 4 is 35.8 Å². The first-order valence-electron chi connectivity index (χ1n) is 8.36. The number of amides is 1. The number of halogens is 1. The largest absolute Gasteiger partial charge is 0.385 e. The zero-order valence-electron chi connectivity index (χ0n) is 14.8. The Balaban J connectivity index is 0.00000484. The summed E-state index contributed by atoms with van der Waals surface area (Å²) in [5.41, 5.74) is 0. The van der Waals surface area contributed by atoms with E-state index < -0.39 is 0 Å². The van der Waals surface area contributed by atoms with Crippen LogP contribution in [0.1, 0.15) is 38.5 Å². The number of hydrogen-bond donors (Lipinski definition) is 2. The third-order valence-electron chi connectivity index (χ3n) is 4.19. The number of unbranched alkanes of at least 4 members (excludes halogenated alkanes) is 2.